The molecule has 2 heterocycles. The number of urea groups is 1. The van der Waals surface area contributed by atoms with Crippen LogP contribution in [0.25, 0.3) is 0 Å². The standard InChI is InChI=1S/C15H21N3O5S2/c19-13(20)15-5-1-3-11(15)9-18(10-15)14(21)16-6-7-17-25(22,23)12-4-2-8-24-12/h2,4,8,11,17H,1,3,5-7,9-10H2,(H,16,21)(H,19,20)/t11-,15+/m0/s1. The molecule has 0 unspecified atom stereocenters. The van der Waals surface area contributed by atoms with Crippen molar-refractivity contribution in [3.8, 4) is 0 Å². The van der Waals surface area contributed by atoms with E-state index in [1.807, 2.05) is 0 Å². The van der Waals surface area contributed by atoms with Crippen molar-refractivity contribution in [1.82, 2.24) is 14.9 Å². The molecule has 0 radical (unpaired) electrons. The number of amides is 2. The van der Waals surface area contributed by atoms with E-state index in [1.54, 1.807) is 11.4 Å². The lowest BCUT2D eigenvalue weighted by atomic mass is 9.81. The van der Waals surface area contributed by atoms with Crippen LogP contribution in [0.2, 0.25) is 0 Å². The maximum Gasteiger partial charge on any atom is 0.317 e. The number of nitrogens with one attached hydrogen (secondary N) is 2. The number of sulfonamides is 1. The summed E-state index contributed by atoms with van der Waals surface area (Å²) < 4.78 is 26.6. The van der Waals surface area contributed by atoms with Crippen molar-refractivity contribution in [2.75, 3.05) is 26.2 Å². The molecule has 1 saturated heterocycles. The van der Waals surface area contributed by atoms with Crippen molar-refractivity contribution < 1.29 is 23.1 Å². The van der Waals surface area contributed by atoms with Gasteiger partial charge in [0.2, 0.25) is 10.0 Å². The molecule has 0 aromatic carbocycles. The first-order valence-corrected chi connectivity index (χ1v) is 10.5. The van der Waals surface area contributed by atoms with Crippen LogP contribution in [0.15, 0.2) is 21.7 Å². The predicted molar refractivity (Wildman–Crippen MR) is 91.9 cm³/mol. The summed E-state index contributed by atoms with van der Waals surface area (Å²) >= 11 is 1.12. The molecule has 0 spiro atoms. The van der Waals surface area contributed by atoms with Gasteiger partial charge >= 0.3 is 12.0 Å². The summed E-state index contributed by atoms with van der Waals surface area (Å²) in [6, 6.07) is 2.83. The minimum Gasteiger partial charge on any atom is -0.481 e. The molecule has 0 bridgehead atoms. The van der Waals surface area contributed by atoms with E-state index in [4.69, 9.17) is 0 Å². The minimum atomic E-state index is -3.54. The number of thiophene rings is 1. The molecule has 1 aliphatic carbocycles. The quantitative estimate of drug-likeness (QED) is 0.628. The highest BCUT2D eigenvalue weighted by molar-refractivity contribution is 7.91. The van der Waals surface area contributed by atoms with Crippen LogP contribution in [-0.4, -0.2) is 56.6 Å². The van der Waals surface area contributed by atoms with Crippen LogP contribution >= 0.6 is 11.3 Å². The fraction of sp³-hybridized carbons (Fsp3) is 0.600. The molecule has 3 N–H and O–H groups in total. The van der Waals surface area contributed by atoms with Gasteiger partial charge in [0.15, 0.2) is 0 Å². The summed E-state index contributed by atoms with van der Waals surface area (Å²) in [7, 11) is -3.54. The van der Waals surface area contributed by atoms with E-state index in [-0.39, 0.29) is 35.8 Å². The summed E-state index contributed by atoms with van der Waals surface area (Å²) in [4.78, 5) is 25.4. The number of hydrogen-bond acceptors (Lipinski definition) is 5. The van der Waals surface area contributed by atoms with Gasteiger partial charge in [-0.3, -0.25) is 4.79 Å². The summed E-state index contributed by atoms with van der Waals surface area (Å²) in [5, 5.41) is 13.9. The van der Waals surface area contributed by atoms with Crippen LogP contribution in [0.1, 0.15) is 19.3 Å². The van der Waals surface area contributed by atoms with Gasteiger partial charge in [0.05, 0.1) is 5.41 Å². The Hall–Kier alpha value is -1.65. The van der Waals surface area contributed by atoms with E-state index in [9.17, 15) is 23.1 Å². The third kappa shape index (κ3) is 3.51. The molecule has 2 fully saturated rings. The lowest BCUT2D eigenvalue weighted by molar-refractivity contribution is -0.149. The molecule has 1 aromatic heterocycles. The van der Waals surface area contributed by atoms with Crippen molar-refractivity contribution in [2.24, 2.45) is 11.3 Å². The molecule has 2 amide bonds. The Labute approximate surface area is 150 Å². The number of likely N-dealkylation sites (tertiary alicyclic amines) is 1. The van der Waals surface area contributed by atoms with Gasteiger partial charge in [-0.15, -0.1) is 11.3 Å². The maximum absolute atomic E-state index is 12.2. The second kappa shape index (κ2) is 6.93. The van der Waals surface area contributed by atoms with Gasteiger partial charge in [-0.2, -0.15) is 0 Å². The third-order valence-corrected chi connectivity index (χ3v) is 7.90. The van der Waals surface area contributed by atoms with Crippen LogP contribution in [0.5, 0.6) is 0 Å². The SMILES string of the molecule is O=C(NCCNS(=O)(=O)c1cccs1)N1C[C@@H]2CCC[C@@]2(C(=O)O)C1. The smallest absolute Gasteiger partial charge is 0.317 e. The highest BCUT2D eigenvalue weighted by Crippen LogP contribution is 2.48. The summed E-state index contributed by atoms with van der Waals surface area (Å²) in [6.07, 6.45) is 2.32. The van der Waals surface area contributed by atoms with E-state index in [2.05, 4.69) is 10.0 Å². The topological polar surface area (TPSA) is 116 Å². The number of carboxylic acid groups (broad SMARTS) is 1. The molecule has 2 aliphatic rings. The molecule has 2 atom stereocenters. The van der Waals surface area contributed by atoms with Crippen molar-refractivity contribution in [3.05, 3.63) is 17.5 Å². The van der Waals surface area contributed by atoms with Crippen LogP contribution in [0, 0.1) is 11.3 Å². The summed E-state index contributed by atoms with van der Waals surface area (Å²) in [5.41, 5.74) is -0.807. The van der Waals surface area contributed by atoms with E-state index in [0.29, 0.717) is 13.0 Å². The first-order valence-electron chi connectivity index (χ1n) is 8.14. The van der Waals surface area contributed by atoms with Crippen molar-refractivity contribution in [3.63, 3.8) is 0 Å². The van der Waals surface area contributed by atoms with Crippen LogP contribution in [0.3, 0.4) is 0 Å². The normalized spacial score (nSPS) is 25.8. The predicted octanol–water partition coefficient (Wildman–Crippen LogP) is 0.923. The zero-order valence-electron chi connectivity index (χ0n) is 13.6. The Morgan fingerprint density at radius 1 is 1.40 bits per heavy atom. The molecular weight excluding hydrogens is 366 g/mol. The zero-order chi connectivity index (χ0) is 18.1. The van der Waals surface area contributed by atoms with Gasteiger partial charge in [0, 0.05) is 26.2 Å². The largest absolute Gasteiger partial charge is 0.481 e. The lowest BCUT2D eigenvalue weighted by Gasteiger charge is -2.23. The van der Waals surface area contributed by atoms with Crippen molar-refractivity contribution in [1.29, 1.82) is 0 Å². The average Bonchev–Trinajstić information content (AvgIpc) is 3.25. The number of aliphatic carboxylic acids is 1. The number of hydrogen-bond donors (Lipinski definition) is 3. The van der Waals surface area contributed by atoms with Crippen molar-refractivity contribution >= 4 is 33.4 Å². The Balaban J connectivity index is 1.47. The number of fused-ring (bicyclic) bond motifs is 1. The number of rotatable bonds is 6. The van der Waals surface area contributed by atoms with Crippen LogP contribution in [-0.2, 0) is 14.8 Å². The molecule has 1 aromatic rings. The Bertz CT molecular complexity index is 749. The first kappa shape index (κ1) is 18.2. The van der Waals surface area contributed by atoms with E-state index in [1.165, 1.54) is 11.0 Å². The third-order valence-electron chi connectivity index (χ3n) is 5.04. The van der Waals surface area contributed by atoms with Gasteiger partial charge in [0.25, 0.3) is 0 Å². The Morgan fingerprint density at radius 2 is 2.20 bits per heavy atom. The highest BCUT2D eigenvalue weighted by Gasteiger charge is 2.55. The molecule has 1 saturated carbocycles. The Kier molecular flexibility index (Phi) is 5.03. The van der Waals surface area contributed by atoms with Crippen molar-refractivity contribution in [2.45, 2.75) is 23.5 Å². The molecule has 1 aliphatic heterocycles. The van der Waals surface area contributed by atoms with E-state index >= 15 is 0 Å². The fourth-order valence-corrected chi connectivity index (χ4v) is 5.82. The molecule has 138 valence electrons. The van der Waals surface area contributed by atoms with Gasteiger partial charge in [0.1, 0.15) is 4.21 Å². The lowest BCUT2D eigenvalue weighted by Crippen LogP contribution is -2.43. The number of carbonyl (C=O) groups excluding carboxylic acids is 1. The summed E-state index contributed by atoms with van der Waals surface area (Å²) in [6.45, 7) is 0.886. The zero-order valence-corrected chi connectivity index (χ0v) is 15.2. The van der Waals surface area contributed by atoms with E-state index < -0.39 is 21.4 Å². The molecule has 3 rings (SSSR count). The average molecular weight is 387 g/mol. The second-order valence-electron chi connectivity index (χ2n) is 6.49. The molecule has 10 heteroatoms. The molecule has 25 heavy (non-hydrogen) atoms. The number of carboxylic acids is 1. The second-order valence-corrected chi connectivity index (χ2v) is 9.43. The minimum absolute atomic E-state index is 0.00748. The highest BCUT2D eigenvalue weighted by atomic mass is 32.2. The van der Waals surface area contributed by atoms with Crippen LogP contribution in [0.4, 0.5) is 4.79 Å². The Morgan fingerprint density at radius 3 is 2.84 bits per heavy atom. The molecule has 8 nitrogen and oxygen atoms in total. The monoisotopic (exact) mass is 387 g/mol. The number of nitrogens with zero attached hydrogens (tertiary/aromatic N) is 1. The number of carbonyl (C=O) groups is 2. The molecular formula is C15H21N3O5S2. The van der Waals surface area contributed by atoms with E-state index in [0.717, 1.165) is 24.2 Å². The van der Waals surface area contributed by atoms with Gasteiger partial charge < -0.3 is 15.3 Å². The van der Waals surface area contributed by atoms with Gasteiger partial charge in [-0.25, -0.2) is 17.9 Å². The van der Waals surface area contributed by atoms with Crippen LogP contribution < -0.4 is 10.0 Å². The maximum atomic E-state index is 12.2. The first-order chi connectivity index (χ1) is 11.8. The fourth-order valence-electron chi connectivity index (χ4n) is 3.75. The van der Waals surface area contributed by atoms with Gasteiger partial charge in [-0.1, -0.05) is 12.5 Å². The summed E-state index contributed by atoms with van der Waals surface area (Å²) in [5.74, 6) is -0.818. The van der Waals surface area contributed by atoms with Gasteiger partial charge in [-0.05, 0) is 30.2 Å².